The zero-order valence-corrected chi connectivity index (χ0v) is 12.8. The molecule has 0 amide bonds. The van der Waals surface area contributed by atoms with Crippen molar-refractivity contribution in [2.75, 3.05) is 0 Å². The van der Waals surface area contributed by atoms with E-state index >= 15 is 0 Å². The summed E-state index contributed by atoms with van der Waals surface area (Å²) in [5.41, 5.74) is 3.09. The predicted molar refractivity (Wildman–Crippen MR) is 79.2 cm³/mol. The highest BCUT2D eigenvalue weighted by Crippen LogP contribution is 2.11. The van der Waals surface area contributed by atoms with E-state index in [-0.39, 0.29) is 5.78 Å². The summed E-state index contributed by atoms with van der Waals surface area (Å²) in [6.45, 7) is 4.53. The van der Waals surface area contributed by atoms with Crippen LogP contribution in [0.5, 0.6) is 0 Å². The van der Waals surface area contributed by atoms with Gasteiger partial charge in [0, 0.05) is 28.6 Å². The van der Waals surface area contributed by atoms with Gasteiger partial charge in [0.1, 0.15) is 0 Å². The minimum atomic E-state index is 0.133. The molecule has 3 heteroatoms. The van der Waals surface area contributed by atoms with E-state index in [1.54, 1.807) is 0 Å². The van der Waals surface area contributed by atoms with Crippen LogP contribution in [-0.2, 0) is 13.0 Å². The molecule has 0 aliphatic rings. The number of halogens is 1. The molecule has 0 spiro atoms. The van der Waals surface area contributed by atoms with Gasteiger partial charge in [0.25, 0.3) is 0 Å². The lowest BCUT2D eigenvalue weighted by atomic mass is 10.1. The molecule has 0 unspecified atom stereocenters. The first kappa shape index (κ1) is 13.9. The van der Waals surface area contributed by atoms with Crippen LogP contribution in [0.4, 0.5) is 0 Å². The number of hydrogen-bond donors (Lipinski definition) is 0. The Hall–Kier alpha value is -1.48. The highest BCUT2D eigenvalue weighted by molar-refractivity contribution is 9.10. The van der Waals surface area contributed by atoms with E-state index < -0.39 is 0 Å². The topological polar surface area (TPSA) is 20.9 Å². The summed E-state index contributed by atoms with van der Waals surface area (Å²) in [6, 6.07) is 11.7. The molecular formula is C16H17BrNO+. The maximum atomic E-state index is 12.2. The van der Waals surface area contributed by atoms with Crippen molar-refractivity contribution in [3.63, 3.8) is 0 Å². The molecule has 0 radical (unpaired) electrons. The molecule has 2 rings (SSSR count). The monoisotopic (exact) mass is 318 g/mol. The third-order valence-corrected chi connectivity index (χ3v) is 3.73. The summed E-state index contributed by atoms with van der Waals surface area (Å²) in [4.78, 5) is 12.2. The molecule has 19 heavy (non-hydrogen) atoms. The number of aromatic nitrogens is 1. The second-order valence-electron chi connectivity index (χ2n) is 4.59. The highest BCUT2D eigenvalue weighted by atomic mass is 79.9. The fraction of sp³-hybridized carbons (Fsp3) is 0.250. The van der Waals surface area contributed by atoms with Crippen LogP contribution >= 0.6 is 15.9 Å². The van der Waals surface area contributed by atoms with E-state index in [4.69, 9.17) is 0 Å². The van der Waals surface area contributed by atoms with Gasteiger partial charge in [0.05, 0.1) is 0 Å². The van der Waals surface area contributed by atoms with Crippen LogP contribution in [0.15, 0.2) is 47.1 Å². The number of pyridine rings is 1. The Morgan fingerprint density at radius 1 is 1.16 bits per heavy atom. The van der Waals surface area contributed by atoms with Crippen LogP contribution in [0.3, 0.4) is 0 Å². The maximum Gasteiger partial charge on any atom is 0.227 e. The second kappa shape index (κ2) is 6.11. The van der Waals surface area contributed by atoms with Gasteiger partial charge in [-0.3, -0.25) is 4.79 Å². The molecular weight excluding hydrogens is 302 g/mol. The molecule has 0 aliphatic heterocycles. The molecule has 0 N–H and O–H groups in total. The normalized spacial score (nSPS) is 10.5. The second-order valence-corrected chi connectivity index (χ2v) is 5.51. The fourth-order valence-electron chi connectivity index (χ4n) is 1.93. The fourth-order valence-corrected chi connectivity index (χ4v) is 2.19. The summed E-state index contributed by atoms with van der Waals surface area (Å²) in [7, 11) is 0. The zero-order valence-electron chi connectivity index (χ0n) is 11.2. The minimum absolute atomic E-state index is 0.133. The Morgan fingerprint density at radius 2 is 1.84 bits per heavy atom. The third-order valence-electron chi connectivity index (χ3n) is 3.20. The Bertz CT molecular complexity index is 590. The Balaban J connectivity index is 2.21. The lowest BCUT2D eigenvalue weighted by molar-refractivity contribution is -0.689. The van der Waals surface area contributed by atoms with Crippen LogP contribution in [0.2, 0.25) is 0 Å². The molecule has 1 heterocycles. The molecule has 0 fully saturated rings. The Labute approximate surface area is 122 Å². The molecule has 2 aromatic rings. The van der Waals surface area contributed by atoms with Gasteiger partial charge in [-0.2, -0.15) is 4.57 Å². The lowest BCUT2D eigenvalue weighted by Crippen LogP contribution is -2.41. The third kappa shape index (κ3) is 3.51. The Kier molecular flexibility index (Phi) is 4.48. The first-order chi connectivity index (χ1) is 9.10. The number of carbonyl (C=O) groups excluding carboxylic acids is 1. The molecule has 0 bridgehead atoms. The van der Waals surface area contributed by atoms with Crippen LogP contribution in [0.1, 0.15) is 28.5 Å². The van der Waals surface area contributed by atoms with Gasteiger partial charge in [0.15, 0.2) is 11.9 Å². The van der Waals surface area contributed by atoms with E-state index in [2.05, 4.69) is 41.2 Å². The van der Waals surface area contributed by atoms with Gasteiger partial charge < -0.3 is 0 Å². The van der Waals surface area contributed by atoms with Gasteiger partial charge in [0.2, 0.25) is 12.3 Å². The first-order valence-electron chi connectivity index (χ1n) is 6.38. The number of rotatable bonds is 4. The van der Waals surface area contributed by atoms with Crippen LogP contribution < -0.4 is 4.57 Å². The van der Waals surface area contributed by atoms with E-state index in [9.17, 15) is 4.79 Å². The van der Waals surface area contributed by atoms with Crippen molar-refractivity contribution in [2.45, 2.75) is 26.8 Å². The van der Waals surface area contributed by atoms with E-state index in [1.807, 2.05) is 35.8 Å². The molecule has 1 aromatic carbocycles. The number of benzene rings is 1. The SMILES string of the molecule is CCc1ccc(C)[n+](CC(=O)c2ccc(Br)cc2)c1. The quantitative estimate of drug-likeness (QED) is 0.624. The summed E-state index contributed by atoms with van der Waals surface area (Å²) in [5.74, 6) is 0.133. The molecule has 1 aromatic heterocycles. The number of nitrogens with zero attached hydrogens (tertiary/aromatic N) is 1. The van der Waals surface area contributed by atoms with E-state index in [1.165, 1.54) is 5.56 Å². The standard InChI is InChI=1S/C16H17BrNO/c1-3-13-5-4-12(2)18(10-13)11-16(19)14-6-8-15(17)9-7-14/h4-10H,3,11H2,1-2H3/q+1. The largest absolute Gasteiger partial charge is 0.287 e. The zero-order chi connectivity index (χ0) is 13.8. The van der Waals surface area contributed by atoms with Gasteiger partial charge in [-0.05, 0) is 24.6 Å². The van der Waals surface area contributed by atoms with Crippen molar-refractivity contribution >= 4 is 21.7 Å². The van der Waals surface area contributed by atoms with Crippen LogP contribution in [0, 0.1) is 6.92 Å². The minimum Gasteiger partial charge on any atom is -0.287 e. The molecule has 0 saturated heterocycles. The maximum absolute atomic E-state index is 12.2. The summed E-state index contributed by atoms with van der Waals surface area (Å²) in [6.07, 6.45) is 3.04. The average Bonchev–Trinajstić information content (AvgIpc) is 2.42. The lowest BCUT2D eigenvalue weighted by Gasteiger charge is -2.03. The summed E-state index contributed by atoms with van der Waals surface area (Å²) >= 11 is 3.38. The van der Waals surface area contributed by atoms with Crippen LogP contribution in [0.25, 0.3) is 0 Å². The van der Waals surface area contributed by atoms with Crippen molar-refractivity contribution in [3.8, 4) is 0 Å². The van der Waals surface area contributed by atoms with Crippen molar-refractivity contribution in [1.82, 2.24) is 0 Å². The number of ketones is 1. The number of carbonyl (C=O) groups is 1. The van der Waals surface area contributed by atoms with Gasteiger partial charge in [-0.15, -0.1) is 0 Å². The molecule has 0 atom stereocenters. The van der Waals surface area contributed by atoms with Gasteiger partial charge in [-0.25, -0.2) is 0 Å². The summed E-state index contributed by atoms with van der Waals surface area (Å²) < 4.78 is 3.00. The van der Waals surface area contributed by atoms with E-state index in [0.717, 1.165) is 22.2 Å². The van der Waals surface area contributed by atoms with Crippen molar-refractivity contribution in [3.05, 3.63) is 63.9 Å². The molecule has 0 aliphatic carbocycles. The molecule has 2 nitrogen and oxygen atoms in total. The average molecular weight is 319 g/mol. The summed E-state index contributed by atoms with van der Waals surface area (Å²) in [5, 5.41) is 0. The van der Waals surface area contributed by atoms with E-state index in [0.29, 0.717) is 6.54 Å². The molecule has 0 saturated carbocycles. The van der Waals surface area contributed by atoms with Crippen LogP contribution in [-0.4, -0.2) is 5.78 Å². The molecule has 98 valence electrons. The number of aryl methyl sites for hydroxylation is 2. The number of hydrogen-bond acceptors (Lipinski definition) is 1. The van der Waals surface area contributed by atoms with Crippen molar-refractivity contribution in [1.29, 1.82) is 0 Å². The Morgan fingerprint density at radius 3 is 2.47 bits per heavy atom. The first-order valence-corrected chi connectivity index (χ1v) is 7.17. The van der Waals surface area contributed by atoms with Gasteiger partial charge >= 0.3 is 0 Å². The van der Waals surface area contributed by atoms with Gasteiger partial charge in [-0.1, -0.05) is 35.0 Å². The van der Waals surface area contributed by atoms with Crippen molar-refractivity contribution in [2.24, 2.45) is 0 Å². The van der Waals surface area contributed by atoms with Crippen molar-refractivity contribution < 1.29 is 9.36 Å². The smallest absolute Gasteiger partial charge is 0.227 e. The highest BCUT2D eigenvalue weighted by Gasteiger charge is 2.14. The number of Topliss-reactive ketones (excluding diaryl/α,β-unsaturated/α-hetero) is 1. The predicted octanol–water partition coefficient (Wildman–Crippen LogP) is 3.49.